The lowest BCUT2D eigenvalue weighted by molar-refractivity contribution is -0.168. The van der Waals surface area contributed by atoms with Crippen LogP contribution in [0.4, 0.5) is 8.78 Å². The number of carbonyl (C=O) groups excluding carboxylic acids is 1. The van der Waals surface area contributed by atoms with Crippen molar-refractivity contribution in [2.24, 2.45) is 5.73 Å². The van der Waals surface area contributed by atoms with E-state index in [1.807, 2.05) is 0 Å². The molecule has 1 atom stereocenters. The Morgan fingerprint density at radius 3 is 2.29 bits per heavy atom. The summed E-state index contributed by atoms with van der Waals surface area (Å²) in [6, 6.07) is -0.930. The molecule has 0 aromatic heterocycles. The lowest BCUT2D eigenvalue weighted by atomic mass is 10.2. The molecule has 14 heavy (non-hydrogen) atoms. The van der Waals surface area contributed by atoms with Crippen molar-refractivity contribution < 1.29 is 23.5 Å². The van der Waals surface area contributed by atoms with Crippen molar-refractivity contribution in [2.45, 2.75) is 18.9 Å². The first-order chi connectivity index (χ1) is 6.18. The number of likely N-dealkylation sites (N-methyl/N-ethyl adjacent to an activating group) is 1. The quantitative estimate of drug-likeness (QED) is 0.641. The number of halogens is 2. The van der Waals surface area contributed by atoms with Gasteiger partial charge in [0.25, 0.3) is 0 Å². The number of rotatable bonds is 5. The molecular formula is C7H12F2N2O3. The Morgan fingerprint density at radius 2 is 2.00 bits per heavy atom. The van der Waals surface area contributed by atoms with Gasteiger partial charge in [-0.15, -0.1) is 0 Å². The fourth-order valence-electron chi connectivity index (χ4n) is 0.735. The van der Waals surface area contributed by atoms with Gasteiger partial charge in [-0.3, -0.25) is 9.69 Å². The van der Waals surface area contributed by atoms with Gasteiger partial charge in [0.1, 0.15) is 0 Å². The summed E-state index contributed by atoms with van der Waals surface area (Å²) in [6.45, 7) is 0.271. The average Bonchev–Trinajstić information content (AvgIpc) is 2.01. The largest absolute Gasteiger partial charge is 0.477 e. The monoisotopic (exact) mass is 210 g/mol. The van der Waals surface area contributed by atoms with Crippen molar-refractivity contribution in [1.29, 1.82) is 0 Å². The standard InChI is InChI=1S/C7H12F2N2O3/c1-4(5(10)12)11(2)3-7(8,9)6(13)14/h4H,3H2,1-2H3,(H2,10,12)(H,13,14)/t4-/m0/s1. The van der Waals surface area contributed by atoms with E-state index in [9.17, 15) is 18.4 Å². The van der Waals surface area contributed by atoms with Gasteiger partial charge in [-0.1, -0.05) is 0 Å². The fourth-order valence-corrected chi connectivity index (χ4v) is 0.735. The second kappa shape index (κ2) is 4.32. The molecule has 1 amide bonds. The number of aliphatic carboxylic acids is 1. The molecule has 82 valence electrons. The number of nitrogens with zero attached hydrogens (tertiary/aromatic N) is 1. The highest BCUT2D eigenvalue weighted by molar-refractivity contribution is 5.79. The molecule has 0 aliphatic heterocycles. The van der Waals surface area contributed by atoms with E-state index < -0.39 is 30.4 Å². The van der Waals surface area contributed by atoms with Crippen LogP contribution in [0.3, 0.4) is 0 Å². The molecule has 0 aromatic rings. The number of primary amides is 1. The number of carbonyl (C=O) groups is 2. The van der Waals surface area contributed by atoms with E-state index in [0.29, 0.717) is 0 Å². The Morgan fingerprint density at radius 1 is 1.57 bits per heavy atom. The van der Waals surface area contributed by atoms with E-state index in [1.54, 1.807) is 0 Å². The lowest BCUT2D eigenvalue weighted by Crippen LogP contribution is -2.48. The summed E-state index contributed by atoms with van der Waals surface area (Å²) in [5.41, 5.74) is 4.86. The number of nitrogens with two attached hydrogens (primary N) is 1. The Hall–Kier alpha value is -1.24. The van der Waals surface area contributed by atoms with Gasteiger partial charge in [0.2, 0.25) is 5.91 Å². The average molecular weight is 210 g/mol. The number of carboxylic acid groups (broad SMARTS) is 1. The highest BCUT2D eigenvalue weighted by atomic mass is 19.3. The zero-order chi connectivity index (χ0) is 11.5. The molecule has 0 aliphatic rings. The SMILES string of the molecule is C[C@@H](C(N)=O)N(C)CC(F)(F)C(=O)O. The van der Waals surface area contributed by atoms with Gasteiger partial charge in [-0.25, -0.2) is 4.79 Å². The zero-order valence-corrected chi connectivity index (χ0v) is 7.83. The first-order valence-electron chi connectivity index (χ1n) is 3.79. The van der Waals surface area contributed by atoms with E-state index in [2.05, 4.69) is 0 Å². The van der Waals surface area contributed by atoms with Crippen LogP contribution in [0.25, 0.3) is 0 Å². The molecule has 0 saturated heterocycles. The van der Waals surface area contributed by atoms with Gasteiger partial charge >= 0.3 is 11.9 Å². The Labute approximate surface area is 79.5 Å². The molecule has 0 heterocycles. The highest BCUT2D eigenvalue weighted by Crippen LogP contribution is 2.15. The van der Waals surface area contributed by atoms with Crippen molar-refractivity contribution in [3.63, 3.8) is 0 Å². The minimum absolute atomic E-state index is 0.784. The molecule has 0 bridgehead atoms. The van der Waals surface area contributed by atoms with E-state index in [1.165, 1.54) is 14.0 Å². The summed E-state index contributed by atoms with van der Waals surface area (Å²) in [5.74, 6) is -6.88. The van der Waals surface area contributed by atoms with E-state index in [-0.39, 0.29) is 0 Å². The zero-order valence-electron chi connectivity index (χ0n) is 7.83. The molecule has 0 rings (SSSR count). The molecule has 0 saturated carbocycles. The summed E-state index contributed by atoms with van der Waals surface area (Å²) >= 11 is 0. The second-order valence-corrected chi connectivity index (χ2v) is 3.00. The molecule has 0 radical (unpaired) electrons. The van der Waals surface area contributed by atoms with Crippen molar-refractivity contribution in [3.8, 4) is 0 Å². The number of alkyl halides is 2. The smallest absolute Gasteiger partial charge is 0.375 e. The minimum Gasteiger partial charge on any atom is -0.477 e. The van der Waals surface area contributed by atoms with Crippen LogP contribution in [-0.4, -0.2) is 47.4 Å². The van der Waals surface area contributed by atoms with Gasteiger partial charge < -0.3 is 10.8 Å². The van der Waals surface area contributed by atoms with Gasteiger partial charge in [-0.2, -0.15) is 8.78 Å². The Bertz CT molecular complexity index is 245. The van der Waals surface area contributed by atoms with Crippen LogP contribution < -0.4 is 5.73 Å². The summed E-state index contributed by atoms with van der Waals surface area (Å²) in [7, 11) is 1.20. The molecule has 0 spiro atoms. The molecule has 0 fully saturated rings. The van der Waals surface area contributed by atoms with Gasteiger partial charge in [0.15, 0.2) is 0 Å². The van der Waals surface area contributed by atoms with Crippen LogP contribution in [-0.2, 0) is 9.59 Å². The molecule has 3 N–H and O–H groups in total. The third-order valence-electron chi connectivity index (χ3n) is 1.83. The number of hydrogen-bond donors (Lipinski definition) is 2. The van der Waals surface area contributed by atoms with Crippen LogP contribution in [0.5, 0.6) is 0 Å². The summed E-state index contributed by atoms with van der Waals surface area (Å²) in [6.07, 6.45) is 0. The van der Waals surface area contributed by atoms with E-state index in [4.69, 9.17) is 10.8 Å². The van der Waals surface area contributed by atoms with Crippen LogP contribution in [0, 0.1) is 0 Å². The van der Waals surface area contributed by atoms with E-state index >= 15 is 0 Å². The minimum atomic E-state index is -3.88. The van der Waals surface area contributed by atoms with Crippen LogP contribution >= 0.6 is 0 Å². The first kappa shape index (κ1) is 12.8. The Kier molecular flexibility index (Phi) is 3.93. The maximum atomic E-state index is 12.6. The maximum absolute atomic E-state index is 12.6. The third kappa shape index (κ3) is 3.25. The predicted molar refractivity (Wildman–Crippen MR) is 43.9 cm³/mol. The number of hydrogen-bond acceptors (Lipinski definition) is 3. The topological polar surface area (TPSA) is 83.6 Å². The number of amides is 1. The Balaban J connectivity index is 4.39. The lowest BCUT2D eigenvalue weighted by Gasteiger charge is -2.24. The normalized spacial score (nSPS) is 14.1. The molecule has 5 nitrogen and oxygen atoms in total. The van der Waals surface area contributed by atoms with Crippen molar-refractivity contribution >= 4 is 11.9 Å². The fraction of sp³-hybridized carbons (Fsp3) is 0.714. The van der Waals surface area contributed by atoms with Gasteiger partial charge in [0, 0.05) is 0 Å². The van der Waals surface area contributed by atoms with Crippen LogP contribution in [0.15, 0.2) is 0 Å². The van der Waals surface area contributed by atoms with Gasteiger partial charge in [-0.05, 0) is 14.0 Å². The van der Waals surface area contributed by atoms with Crippen molar-refractivity contribution in [3.05, 3.63) is 0 Å². The van der Waals surface area contributed by atoms with E-state index in [0.717, 1.165) is 4.90 Å². The van der Waals surface area contributed by atoms with Crippen LogP contribution in [0.2, 0.25) is 0 Å². The maximum Gasteiger partial charge on any atom is 0.375 e. The number of carboxylic acids is 1. The summed E-state index contributed by atoms with van der Waals surface area (Å²) in [4.78, 5) is 21.5. The second-order valence-electron chi connectivity index (χ2n) is 3.00. The molecular weight excluding hydrogens is 198 g/mol. The molecule has 0 aromatic carbocycles. The highest BCUT2D eigenvalue weighted by Gasteiger charge is 2.41. The predicted octanol–water partition coefficient (Wildman–Crippen LogP) is -0.488. The van der Waals surface area contributed by atoms with Crippen molar-refractivity contribution in [1.82, 2.24) is 4.90 Å². The molecule has 7 heteroatoms. The van der Waals surface area contributed by atoms with Crippen LogP contribution in [0.1, 0.15) is 6.92 Å². The summed E-state index contributed by atoms with van der Waals surface area (Å²) < 4.78 is 25.3. The first-order valence-corrected chi connectivity index (χ1v) is 3.79. The van der Waals surface area contributed by atoms with Crippen molar-refractivity contribution in [2.75, 3.05) is 13.6 Å². The van der Waals surface area contributed by atoms with Gasteiger partial charge in [0.05, 0.1) is 12.6 Å². The summed E-state index contributed by atoms with van der Waals surface area (Å²) in [5, 5.41) is 8.12. The molecule has 0 aliphatic carbocycles. The molecule has 0 unspecified atom stereocenters. The third-order valence-corrected chi connectivity index (χ3v) is 1.83.